The molecule has 0 spiro atoms. The highest BCUT2D eigenvalue weighted by Crippen LogP contribution is 2.38. The van der Waals surface area contributed by atoms with E-state index in [-0.39, 0.29) is 11.9 Å². The van der Waals surface area contributed by atoms with Gasteiger partial charge in [-0.05, 0) is 38.7 Å². The van der Waals surface area contributed by atoms with Crippen LogP contribution < -0.4 is 4.90 Å². The van der Waals surface area contributed by atoms with Crippen LogP contribution >= 0.6 is 0 Å². The average molecular weight is 352 g/mol. The Bertz CT molecular complexity index is 759. The van der Waals surface area contributed by atoms with Crippen molar-refractivity contribution in [2.75, 3.05) is 18.0 Å². The van der Waals surface area contributed by atoms with E-state index in [1.54, 1.807) is 13.3 Å². The highest BCUT2D eigenvalue weighted by Gasteiger charge is 2.35. The highest BCUT2D eigenvalue weighted by atomic mass is 19.4. The summed E-state index contributed by atoms with van der Waals surface area (Å²) < 4.78 is 41.0. The molecule has 0 amide bonds. The van der Waals surface area contributed by atoms with Crippen LogP contribution in [0.4, 0.5) is 19.1 Å². The molecule has 2 fully saturated rings. The number of hydrogen-bond donors (Lipinski definition) is 0. The van der Waals surface area contributed by atoms with Crippen molar-refractivity contribution in [3.63, 3.8) is 0 Å². The molecular weight excluding hydrogens is 333 g/mol. The van der Waals surface area contributed by atoms with Crippen molar-refractivity contribution in [2.45, 2.75) is 50.7 Å². The van der Waals surface area contributed by atoms with Gasteiger partial charge in [0.15, 0.2) is 0 Å². The van der Waals surface area contributed by atoms with Crippen LogP contribution in [0.2, 0.25) is 0 Å². The number of aryl methyl sites for hydroxylation is 1. The Balaban J connectivity index is 1.48. The third-order valence-electron chi connectivity index (χ3n) is 4.82. The van der Waals surface area contributed by atoms with Gasteiger partial charge in [-0.3, -0.25) is 0 Å². The number of alkyl halides is 3. The summed E-state index contributed by atoms with van der Waals surface area (Å²) in [6, 6.07) is 1.51. The number of halogens is 3. The van der Waals surface area contributed by atoms with Crippen LogP contribution in [0.25, 0.3) is 0 Å². The molecule has 2 aromatic rings. The van der Waals surface area contributed by atoms with Crippen LogP contribution in [-0.4, -0.2) is 37.8 Å². The lowest BCUT2D eigenvalue weighted by molar-refractivity contribution is -0.141. The summed E-state index contributed by atoms with van der Waals surface area (Å²) in [6.07, 6.45) is 1.29. The van der Waals surface area contributed by atoms with Gasteiger partial charge in [0.25, 0.3) is 0 Å². The van der Waals surface area contributed by atoms with Gasteiger partial charge in [0.1, 0.15) is 17.8 Å². The van der Waals surface area contributed by atoms with Crippen molar-refractivity contribution in [2.24, 2.45) is 0 Å². The third-order valence-corrected chi connectivity index (χ3v) is 4.82. The summed E-state index contributed by atoms with van der Waals surface area (Å²) in [7, 11) is 0. The van der Waals surface area contributed by atoms with Crippen molar-refractivity contribution in [1.29, 1.82) is 0 Å². The zero-order chi connectivity index (χ0) is 17.6. The number of hydrogen-bond acceptors (Lipinski definition) is 5. The van der Waals surface area contributed by atoms with E-state index in [4.69, 9.17) is 0 Å². The molecule has 4 rings (SSSR count). The smallest absolute Gasteiger partial charge is 0.341 e. The Labute approximate surface area is 143 Å². The van der Waals surface area contributed by atoms with Crippen molar-refractivity contribution in [1.82, 2.24) is 24.7 Å². The van der Waals surface area contributed by atoms with Gasteiger partial charge >= 0.3 is 6.18 Å². The van der Waals surface area contributed by atoms with E-state index in [9.17, 15) is 13.2 Å². The van der Waals surface area contributed by atoms with Crippen LogP contribution in [0.5, 0.6) is 0 Å². The molecule has 2 aromatic heterocycles. The minimum Gasteiger partial charge on any atom is -0.341 e. The Morgan fingerprint density at radius 2 is 1.80 bits per heavy atom. The van der Waals surface area contributed by atoms with Crippen molar-refractivity contribution in [3.05, 3.63) is 29.6 Å². The van der Waals surface area contributed by atoms with E-state index >= 15 is 0 Å². The SMILES string of the molecule is Cc1cc(C(F)(F)F)nc(N2CCC(c3nncn3C3CC3)CC2)n1. The minimum absolute atomic E-state index is 0.162. The van der Waals surface area contributed by atoms with Crippen molar-refractivity contribution < 1.29 is 13.2 Å². The number of nitrogens with zero attached hydrogens (tertiary/aromatic N) is 6. The molecule has 9 heteroatoms. The van der Waals surface area contributed by atoms with Gasteiger partial charge in [-0.25, -0.2) is 9.97 Å². The predicted octanol–water partition coefficient (Wildman–Crippen LogP) is 3.11. The van der Waals surface area contributed by atoms with Crippen LogP contribution in [-0.2, 0) is 6.18 Å². The lowest BCUT2D eigenvalue weighted by Gasteiger charge is -2.32. The summed E-state index contributed by atoms with van der Waals surface area (Å²) >= 11 is 0. The number of rotatable bonds is 3. The molecule has 0 radical (unpaired) electrons. The van der Waals surface area contributed by atoms with Gasteiger partial charge in [0.05, 0.1) is 0 Å². The van der Waals surface area contributed by atoms with Gasteiger partial charge in [-0.15, -0.1) is 10.2 Å². The Morgan fingerprint density at radius 3 is 2.44 bits per heavy atom. The molecule has 6 nitrogen and oxygen atoms in total. The minimum atomic E-state index is -4.46. The normalized spacial score (nSPS) is 19.4. The van der Waals surface area contributed by atoms with Crippen LogP contribution in [0, 0.1) is 6.92 Å². The monoisotopic (exact) mass is 352 g/mol. The summed E-state index contributed by atoms with van der Waals surface area (Å²) in [5.74, 6) is 1.45. The van der Waals surface area contributed by atoms with Crippen molar-refractivity contribution >= 4 is 5.95 Å². The first-order valence-corrected chi connectivity index (χ1v) is 8.49. The maximum absolute atomic E-state index is 13.0. The summed E-state index contributed by atoms with van der Waals surface area (Å²) in [5, 5.41) is 8.31. The number of anilines is 1. The second-order valence-electron chi connectivity index (χ2n) is 6.78. The summed E-state index contributed by atoms with van der Waals surface area (Å²) in [5.41, 5.74) is -0.557. The highest BCUT2D eigenvalue weighted by molar-refractivity contribution is 5.34. The van der Waals surface area contributed by atoms with Gasteiger partial charge in [0.2, 0.25) is 5.95 Å². The fourth-order valence-electron chi connectivity index (χ4n) is 3.36. The molecule has 3 heterocycles. The van der Waals surface area contributed by atoms with Gasteiger partial charge in [-0.2, -0.15) is 13.2 Å². The molecule has 2 aliphatic rings. The molecule has 0 aromatic carbocycles. The second-order valence-corrected chi connectivity index (χ2v) is 6.78. The zero-order valence-electron chi connectivity index (χ0n) is 13.9. The van der Waals surface area contributed by atoms with E-state index in [0.29, 0.717) is 24.8 Å². The molecule has 25 heavy (non-hydrogen) atoms. The van der Waals surface area contributed by atoms with Crippen LogP contribution in [0.3, 0.4) is 0 Å². The molecule has 1 aliphatic heterocycles. The quantitative estimate of drug-likeness (QED) is 0.849. The Morgan fingerprint density at radius 1 is 1.08 bits per heavy atom. The van der Waals surface area contributed by atoms with Crippen LogP contribution in [0.15, 0.2) is 12.4 Å². The summed E-state index contributed by atoms with van der Waals surface area (Å²) in [4.78, 5) is 9.75. The van der Waals surface area contributed by atoms with E-state index in [0.717, 1.165) is 24.7 Å². The average Bonchev–Trinajstić information content (AvgIpc) is 3.30. The van der Waals surface area contributed by atoms with Gasteiger partial charge in [0, 0.05) is 30.7 Å². The predicted molar refractivity (Wildman–Crippen MR) is 84.3 cm³/mol. The van der Waals surface area contributed by atoms with Crippen LogP contribution in [0.1, 0.15) is 54.9 Å². The van der Waals surface area contributed by atoms with E-state index in [1.165, 1.54) is 12.8 Å². The lowest BCUT2D eigenvalue weighted by atomic mass is 9.96. The summed E-state index contributed by atoms with van der Waals surface area (Å²) in [6.45, 7) is 2.79. The number of aromatic nitrogens is 5. The van der Waals surface area contributed by atoms with Gasteiger partial charge in [-0.1, -0.05) is 0 Å². The van der Waals surface area contributed by atoms with Crippen molar-refractivity contribution in [3.8, 4) is 0 Å². The molecule has 0 N–H and O–H groups in total. The topological polar surface area (TPSA) is 59.7 Å². The lowest BCUT2D eigenvalue weighted by Crippen LogP contribution is -2.35. The Hall–Kier alpha value is -2.19. The second kappa shape index (κ2) is 5.96. The molecule has 0 bridgehead atoms. The zero-order valence-corrected chi connectivity index (χ0v) is 13.9. The third kappa shape index (κ3) is 3.32. The molecule has 1 saturated carbocycles. The van der Waals surface area contributed by atoms with E-state index < -0.39 is 11.9 Å². The molecule has 0 atom stereocenters. The van der Waals surface area contributed by atoms with E-state index in [1.807, 2.05) is 4.90 Å². The first-order valence-electron chi connectivity index (χ1n) is 8.49. The number of piperidine rings is 1. The first kappa shape index (κ1) is 16.3. The first-order chi connectivity index (χ1) is 11.9. The molecule has 134 valence electrons. The Kier molecular flexibility index (Phi) is 3.88. The molecule has 1 aliphatic carbocycles. The maximum Gasteiger partial charge on any atom is 0.433 e. The van der Waals surface area contributed by atoms with E-state index in [2.05, 4.69) is 24.7 Å². The van der Waals surface area contributed by atoms with Gasteiger partial charge < -0.3 is 9.47 Å². The fraction of sp³-hybridized carbons (Fsp3) is 0.625. The molecule has 1 saturated heterocycles. The molecular formula is C16H19F3N6. The standard InChI is InChI=1S/C16H19F3N6/c1-10-8-13(16(17,18)19)22-15(21-10)24-6-4-11(5-7-24)14-23-20-9-25(14)12-2-3-12/h8-9,11-12H,2-7H2,1H3. The fourth-order valence-corrected chi connectivity index (χ4v) is 3.36. The largest absolute Gasteiger partial charge is 0.433 e. The molecule has 0 unspecified atom stereocenters. The maximum atomic E-state index is 13.0.